The molecule has 0 amide bonds. The number of anilines is 2. The molecular formula is C13H21N5O2. The van der Waals surface area contributed by atoms with Gasteiger partial charge in [0, 0.05) is 18.7 Å². The molecule has 20 heavy (non-hydrogen) atoms. The second-order valence-electron chi connectivity index (χ2n) is 5.07. The summed E-state index contributed by atoms with van der Waals surface area (Å²) in [6.45, 7) is 4.70. The molecule has 2 N–H and O–H groups in total. The third-order valence-corrected chi connectivity index (χ3v) is 3.49. The number of likely N-dealkylation sites (tertiary alicyclic amines) is 1. The summed E-state index contributed by atoms with van der Waals surface area (Å²) in [4.78, 5) is 17.3. The predicted molar refractivity (Wildman–Crippen MR) is 79.2 cm³/mol. The zero-order valence-corrected chi connectivity index (χ0v) is 11.9. The van der Waals surface area contributed by atoms with Gasteiger partial charge in [-0.15, -0.1) is 0 Å². The average molecular weight is 279 g/mol. The van der Waals surface area contributed by atoms with E-state index in [0.717, 1.165) is 32.5 Å². The van der Waals surface area contributed by atoms with Crippen LogP contribution in [0, 0.1) is 10.1 Å². The number of nitrogens with one attached hydrogen (secondary N) is 2. The van der Waals surface area contributed by atoms with Crippen molar-refractivity contribution in [2.45, 2.75) is 25.8 Å². The first kappa shape index (κ1) is 14.5. The SMILES string of the molecule is CCNc1ccc([N+](=O)[O-])c(NC2CCN(C)CC2)n1. The third-order valence-electron chi connectivity index (χ3n) is 3.49. The van der Waals surface area contributed by atoms with Gasteiger partial charge in [0.2, 0.25) is 5.82 Å². The highest BCUT2D eigenvalue weighted by Gasteiger charge is 2.22. The van der Waals surface area contributed by atoms with Crippen molar-refractivity contribution in [2.75, 3.05) is 37.3 Å². The molecule has 0 atom stereocenters. The normalized spacial score (nSPS) is 16.9. The molecular weight excluding hydrogens is 258 g/mol. The van der Waals surface area contributed by atoms with E-state index in [0.29, 0.717) is 11.6 Å². The molecule has 1 fully saturated rings. The van der Waals surface area contributed by atoms with Gasteiger partial charge >= 0.3 is 5.69 Å². The molecule has 0 bridgehead atoms. The summed E-state index contributed by atoms with van der Waals surface area (Å²) in [7, 11) is 2.09. The Morgan fingerprint density at radius 1 is 1.45 bits per heavy atom. The predicted octanol–water partition coefficient (Wildman–Crippen LogP) is 1.93. The number of aromatic nitrogens is 1. The summed E-state index contributed by atoms with van der Waals surface area (Å²) in [5.74, 6) is 1.02. The van der Waals surface area contributed by atoms with E-state index in [1.54, 1.807) is 6.07 Å². The van der Waals surface area contributed by atoms with E-state index in [-0.39, 0.29) is 16.7 Å². The van der Waals surface area contributed by atoms with Crippen LogP contribution in [-0.2, 0) is 0 Å². The smallest absolute Gasteiger partial charge is 0.311 e. The van der Waals surface area contributed by atoms with Gasteiger partial charge in [-0.05, 0) is 46.0 Å². The van der Waals surface area contributed by atoms with Crippen molar-refractivity contribution in [1.82, 2.24) is 9.88 Å². The summed E-state index contributed by atoms with van der Waals surface area (Å²) < 4.78 is 0. The average Bonchev–Trinajstić information content (AvgIpc) is 2.42. The van der Waals surface area contributed by atoms with Gasteiger partial charge in [-0.1, -0.05) is 0 Å². The molecule has 0 aromatic carbocycles. The van der Waals surface area contributed by atoms with Crippen LogP contribution in [0.1, 0.15) is 19.8 Å². The molecule has 2 rings (SSSR count). The molecule has 0 spiro atoms. The minimum Gasteiger partial charge on any atom is -0.370 e. The van der Waals surface area contributed by atoms with Crippen LogP contribution in [0.25, 0.3) is 0 Å². The van der Waals surface area contributed by atoms with E-state index < -0.39 is 0 Å². The molecule has 1 aliphatic heterocycles. The summed E-state index contributed by atoms with van der Waals surface area (Å²) in [6, 6.07) is 3.39. The Kier molecular flexibility index (Phi) is 4.73. The van der Waals surface area contributed by atoms with E-state index in [2.05, 4.69) is 27.6 Å². The molecule has 1 aliphatic rings. The first-order valence-electron chi connectivity index (χ1n) is 6.94. The maximum Gasteiger partial charge on any atom is 0.311 e. The Morgan fingerprint density at radius 3 is 2.75 bits per heavy atom. The fraction of sp³-hybridized carbons (Fsp3) is 0.615. The number of nitrogens with zero attached hydrogens (tertiary/aromatic N) is 3. The van der Waals surface area contributed by atoms with Crippen molar-refractivity contribution < 1.29 is 4.92 Å². The summed E-state index contributed by atoms with van der Waals surface area (Å²) >= 11 is 0. The van der Waals surface area contributed by atoms with E-state index in [9.17, 15) is 10.1 Å². The maximum atomic E-state index is 11.1. The van der Waals surface area contributed by atoms with Gasteiger partial charge in [-0.2, -0.15) is 0 Å². The largest absolute Gasteiger partial charge is 0.370 e. The lowest BCUT2D eigenvalue weighted by molar-refractivity contribution is -0.384. The van der Waals surface area contributed by atoms with Crippen molar-refractivity contribution in [3.8, 4) is 0 Å². The lowest BCUT2D eigenvalue weighted by atomic mass is 10.1. The Balaban J connectivity index is 2.14. The molecule has 1 aromatic rings. The highest BCUT2D eigenvalue weighted by atomic mass is 16.6. The van der Waals surface area contributed by atoms with Crippen LogP contribution in [-0.4, -0.2) is 47.5 Å². The quantitative estimate of drug-likeness (QED) is 0.633. The second kappa shape index (κ2) is 6.51. The van der Waals surface area contributed by atoms with Gasteiger partial charge in [-0.25, -0.2) is 4.98 Å². The Bertz CT molecular complexity index is 472. The number of pyridine rings is 1. The molecule has 1 aromatic heterocycles. The molecule has 0 saturated carbocycles. The topological polar surface area (TPSA) is 83.3 Å². The van der Waals surface area contributed by atoms with E-state index in [4.69, 9.17) is 0 Å². The molecule has 110 valence electrons. The number of hydrogen-bond donors (Lipinski definition) is 2. The zero-order valence-electron chi connectivity index (χ0n) is 11.9. The molecule has 7 heteroatoms. The Labute approximate surface area is 118 Å². The van der Waals surface area contributed by atoms with Crippen molar-refractivity contribution >= 4 is 17.3 Å². The fourth-order valence-electron chi connectivity index (χ4n) is 2.33. The maximum absolute atomic E-state index is 11.1. The Morgan fingerprint density at radius 2 is 2.15 bits per heavy atom. The van der Waals surface area contributed by atoms with Crippen molar-refractivity contribution in [1.29, 1.82) is 0 Å². The van der Waals surface area contributed by atoms with Crippen molar-refractivity contribution in [3.05, 3.63) is 22.2 Å². The second-order valence-corrected chi connectivity index (χ2v) is 5.07. The van der Waals surface area contributed by atoms with Crippen LogP contribution in [0.3, 0.4) is 0 Å². The van der Waals surface area contributed by atoms with Crippen LogP contribution in [0.2, 0.25) is 0 Å². The van der Waals surface area contributed by atoms with Crippen LogP contribution in [0.4, 0.5) is 17.3 Å². The van der Waals surface area contributed by atoms with Crippen LogP contribution >= 0.6 is 0 Å². The molecule has 0 radical (unpaired) electrons. The standard InChI is InChI=1S/C13H21N5O2/c1-3-14-12-5-4-11(18(19)20)13(16-12)15-10-6-8-17(2)9-7-10/h4-5,10H,3,6-9H2,1-2H3,(H2,14,15,16). The molecule has 0 unspecified atom stereocenters. The van der Waals surface area contributed by atoms with Crippen LogP contribution < -0.4 is 10.6 Å². The fourth-order valence-corrected chi connectivity index (χ4v) is 2.33. The molecule has 7 nitrogen and oxygen atoms in total. The van der Waals surface area contributed by atoms with E-state index >= 15 is 0 Å². The minimum atomic E-state index is -0.389. The molecule has 1 saturated heterocycles. The zero-order chi connectivity index (χ0) is 14.5. The van der Waals surface area contributed by atoms with Crippen LogP contribution in [0.15, 0.2) is 12.1 Å². The highest BCUT2D eigenvalue weighted by molar-refractivity contribution is 5.60. The van der Waals surface area contributed by atoms with Gasteiger partial charge in [-0.3, -0.25) is 10.1 Å². The van der Waals surface area contributed by atoms with Gasteiger partial charge in [0.05, 0.1) is 4.92 Å². The van der Waals surface area contributed by atoms with Crippen molar-refractivity contribution in [3.63, 3.8) is 0 Å². The number of piperidine rings is 1. The van der Waals surface area contributed by atoms with Gasteiger partial charge in [0.15, 0.2) is 0 Å². The highest BCUT2D eigenvalue weighted by Crippen LogP contribution is 2.26. The first-order chi connectivity index (χ1) is 9.60. The van der Waals surface area contributed by atoms with Crippen LogP contribution in [0.5, 0.6) is 0 Å². The first-order valence-corrected chi connectivity index (χ1v) is 6.94. The van der Waals surface area contributed by atoms with Gasteiger partial charge in [0.25, 0.3) is 0 Å². The lowest BCUT2D eigenvalue weighted by Crippen LogP contribution is -2.37. The number of rotatable bonds is 5. The molecule has 2 heterocycles. The van der Waals surface area contributed by atoms with E-state index in [1.807, 2.05) is 6.92 Å². The summed E-state index contributed by atoms with van der Waals surface area (Å²) in [5.41, 5.74) is 0.0329. The lowest BCUT2D eigenvalue weighted by Gasteiger charge is -2.29. The Hall–Kier alpha value is -1.89. The van der Waals surface area contributed by atoms with Gasteiger partial charge in [0.1, 0.15) is 5.82 Å². The summed E-state index contributed by atoms with van der Waals surface area (Å²) in [6.07, 6.45) is 1.95. The third kappa shape index (κ3) is 3.57. The summed E-state index contributed by atoms with van der Waals surface area (Å²) in [5, 5.41) is 17.4. The van der Waals surface area contributed by atoms with Gasteiger partial charge < -0.3 is 15.5 Å². The number of hydrogen-bond acceptors (Lipinski definition) is 6. The van der Waals surface area contributed by atoms with E-state index in [1.165, 1.54) is 6.07 Å². The van der Waals surface area contributed by atoms with Crippen molar-refractivity contribution in [2.24, 2.45) is 0 Å². The molecule has 0 aliphatic carbocycles. The minimum absolute atomic E-state index is 0.0329. The monoisotopic (exact) mass is 279 g/mol. The number of nitro groups is 1.